The summed E-state index contributed by atoms with van der Waals surface area (Å²) >= 11 is 0. The van der Waals surface area contributed by atoms with Crippen LogP contribution in [0.5, 0.6) is 0 Å². The largest absolute Gasteiger partial charge is 0.416 e. The normalized spacial score (nSPS) is 23.3. The molecule has 3 aromatic rings. The number of nitrogens with zero attached hydrogens (tertiary/aromatic N) is 4. The van der Waals surface area contributed by atoms with Crippen LogP contribution in [-0.4, -0.2) is 68.3 Å². The van der Waals surface area contributed by atoms with Gasteiger partial charge in [0.1, 0.15) is 5.60 Å². The third kappa shape index (κ3) is 6.76. The molecule has 9 nitrogen and oxygen atoms in total. The summed E-state index contributed by atoms with van der Waals surface area (Å²) in [4.78, 5) is 31.6. The Morgan fingerprint density at radius 3 is 2.54 bits per heavy atom. The number of carbonyl (C=O) groups excluding carboxylic acids is 2. The molecule has 2 aromatic heterocycles. The number of rotatable bonds is 7. The maximum Gasteiger partial charge on any atom is 0.416 e. The predicted molar refractivity (Wildman–Crippen MR) is 144 cm³/mol. The van der Waals surface area contributed by atoms with Crippen molar-refractivity contribution in [1.29, 1.82) is 0 Å². The number of halogens is 3. The first-order valence-electron chi connectivity index (χ1n) is 13.7. The molecule has 3 heterocycles. The van der Waals surface area contributed by atoms with Crippen molar-refractivity contribution in [3.05, 3.63) is 71.8 Å². The summed E-state index contributed by atoms with van der Waals surface area (Å²) in [5.74, 6) is -1.13. The van der Waals surface area contributed by atoms with Crippen molar-refractivity contribution in [2.24, 2.45) is 7.05 Å². The second-order valence-corrected chi connectivity index (χ2v) is 10.9. The lowest BCUT2D eigenvalue weighted by atomic mass is 9.79. The number of aliphatic hydroxyl groups is 1. The zero-order chi connectivity index (χ0) is 29.2. The van der Waals surface area contributed by atoms with Crippen LogP contribution in [-0.2, 0) is 23.6 Å². The topological polar surface area (TPSA) is 112 Å². The maximum absolute atomic E-state index is 12.9. The van der Waals surface area contributed by atoms with Gasteiger partial charge in [-0.2, -0.15) is 18.3 Å². The van der Waals surface area contributed by atoms with Gasteiger partial charge >= 0.3 is 6.18 Å². The van der Waals surface area contributed by atoms with Gasteiger partial charge in [0.2, 0.25) is 5.91 Å². The molecule has 41 heavy (non-hydrogen) atoms. The molecule has 2 amide bonds. The van der Waals surface area contributed by atoms with Crippen molar-refractivity contribution in [2.45, 2.75) is 56.0 Å². The minimum atomic E-state index is -4.55. The Bertz CT molecular complexity index is 1380. The van der Waals surface area contributed by atoms with Crippen molar-refractivity contribution in [2.75, 3.05) is 19.6 Å². The molecular weight excluding hydrogens is 537 g/mol. The highest BCUT2D eigenvalue weighted by atomic mass is 19.4. The number of amides is 2. The van der Waals surface area contributed by atoms with E-state index in [4.69, 9.17) is 0 Å². The van der Waals surface area contributed by atoms with E-state index in [-0.39, 0.29) is 24.2 Å². The van der Waals surface area contributed by atoms with Crippen molar-refractivity contribution < 1.29 is 27.9 Å². The lowest BCUT2D eigenvalue weighted by Gasteiger charge is -2.39. The number of aryl methyl sites for hydroxylation is 1. The number of aromatic nitrogens is 3. The fraction of sp³-hybridized carbons (Fsp3) is 0.448. The van der Waals surface area contributed by atoms with Crippen LogP contribution in [0.4, 0.5) is 13.2 Å². The Labute approximate surface area is 235 Å². The summed E-state index contributed by atoms with van der Waals surface area (Å²) in [5.41, 5.74) is 0.529. The molecule has 1 aromatic carbocycles. The van der Waals surface area contributed by atoms with Crippen LogP contribution in [0.25, 0.3) is 11.1 Å². The van der Waals surface area contributed by atoms with E-state index in [0.29, 0.717) is 25.1 Å². The molecule has 0 spiro atoms. The summed E-state index contributed by atoms with van der Waals surface area (Å²) < 4.78 is 40.4. The molecule has 2 aliphatic rings. The smallest absolute Gasteiger partial charge is 0.384 e. The van der Waals surface area contributed by atoms with Gasteiger partial charge in [0.05, 0.1) is 24.0 Å². The van der Waals surface area contributed by atoms with E-state index < -0.39 is 29.2 Å². The molecule has 0 bridgehead atoms. The maximum atomic E-state index is 12.9. The van der Waals surface area contributed by atoms with Crippen molar-refractivity contribution >= 4 is 11.8 Å². The van der Waals surface area contributed by atoms with E-state index in [1.807, 2.05) is 25.4 Å². The van der Waals surface area contributed by atoms with Gasteiger partial charge in [-0.1, -0.05) is 12.1 Å². The average Bonchev–Trinajstić information content (AvgIpc) is 3.61. The Morgan fingerprint density at radius 2 is 1.88 bits per heavy atom. The Morgan fingerprint density at radius 1 is 1.10 bits per heavy atom. The van der Waals surface area contributed by atoms with Crippen LogP contribution >= 0.6 is 0 Å². The fourth-order valence-corrected chi connectivity index (χ4v) is 5.73. The average molecular weight is 571 g/mol. The molecule has 1 aliphatic heterocycles. The van der Waals surface area contributed by atoms with E-state index in [9.17, 15) is 27.9 Å². The summed E-state index contributed by atoms with van der Waals surface area (Å²) in [7, 11) is 1.86. The van der Waals surface area contributed by atoms with Crippen LogP contribution in [0.3, 0.4) is 0 Å². The van der Waals surface area contributed by atoms with Crippen molar-refractivity contribution in [1.82, 2.24) is 30.3 Å². The molecule has 1 atom stereocenters. The summed E-state index contributed by atoms with van der Waals surface area (Å²) in [6.45, 7) is 1.14. The van der Waals surface area contributed by atoms with E-state index in [1.165, 1.54) is 6.07 Å². The highest BCUT2D eigenvalue weighted by Crippen LogP contribution is 2.39. The monoisotopic (exact) mass is 570 g/mol. The van der Waals surface area contributed by atoms with Crippen LogP contribution < -0.4 is 10.6 Å². The minimum absolute atomic E-state index is 0.0875. The van der Waals surface area contributed by atoms with Crippen molar-refractivity contribution in [3.8, 4) is 11.1 Å². The molecule has 5 rings (SSSR count). The zero-order valence-corrected chi connectivity index (χ0v) is 22.7. The molecule has 0 radical (unpaired) electrons. The third-order valence-corrected chi connectivity index (χ3v) is 8.02. The predicted octanol–water partition coefficient (Wildman–Crippen LogP) is 3.25. The summed E-state index contributed by atoms with van der Waals surface area (Å²) in [5, 5.41) is 20.8. The number of carbonyl (C=O) groups is 2. The SMILES string of the molecule is Cn1cc(-c2ccc(C3(O)CCC(N4CC[C@@H](NC(=O)CNC(=O)c5cccc(C(F)(F)F)c5)C4)CC3)nc2)cn1. The lowest BCUT2D eigenvalue weighted by Crippen LogP contribution is -2.45. The third-order valence-electron chi connectivity index (χ3n) is 8.02. The van der Waals surface area contributed by atoms with Crippen molar-refractivity contribution in [3.63, 3.8) is 0 Å². The van der Waals surface area contributed by atoms with Crippen LogP contribution in [0.1, 0.15) is 53.7 Å². The van der Waals surface area contributed by atoms with Gasteiger partial charge in [0.25, 0.3) is 5.91 Å². The first-order chi connectivity index (χ1) is 19.5. The number of hydrogen-bond acceptors (Lipinski definition) is 6. The van der Waals surface area contributed by atoms with E-state index in [0.717, 1.165) is 55.1 Å². The summed E-state index contributed by atoms with van der Waals surface area (Å²) in [6.07, 6.45) is 4.45. The number of pyridine rings is 1. The minimum Gasteiger partial charge on any atom is -0.384 e. The highest BCUT2D eigenvalue weighted by molar-refractivity contribution is 5.96. The first-order valence-corrected chi connectivity index (χ1v) is 13.7. The van der Waals surface area contributed by atoms with E-state index >= 15 is 0 Å². The van der Waals surface area contributed by atoms with Crippen LogP contribution in [0.15, 0.2) is 55.0 Å². The van der Waals surface area contributed by atoms with Crippen LogP contribution in [0.2, 0.25) is 0 Å². The highest BCUT2D eigenvalue weighted by Gasteiger charge is 2.39. The molecule has 0 unspecified atom stereocenters. The standard InChI is InChI=1S/C29H33F3N6O3/c1-37-17-21(15-35-37)20-5-6-25(33-14-20)28(41)10-7-24(8-11-28)38-12-9-23(18-38)36-26(39)16-34-27(40)19-3-2-4-22(13-19)29(30,31)32/h2-6,13-15,17,23-24,41H,7-12,16,18H2,1H3,(H,34,40)(H,36,39)/t23-,24?,28?/m1/s1. The van der Waals surface area contributed by atoms with E-state index in [1.54, 1.807) is 17.1 Å². The first kappa shape index (κ1) is 28.7. The number of nitrogens with one attached hydrogen (secondary N) is 2. The van der Waals surface area contributed by atoms with Gasteiger partial charge in [0, 0.05) is 61.3 Å². The number of likely N-dealkylation sites (tertiary alicyclic amines) is 1. The molecular formula is C29H33F3N6O3. The van der Waals surface area contributed by atoms with Gasteiger partial charge in [0.15, 0.2) is 0 Å². The molecule has 2 fully saturated rings. The molecule has 1 saturated heterocycles. The molecule has 218 valence electrons. The van der Waals surface area contributed by atoms with E-state index in [2.05, 4.69) is 25.6 Å². The quantitative estimate of drug-likeness (QED) is 0.402. The van der Waals surface area contributed by atoms with Gasteiger partial charge in [-0.3, -0.25) is 24.2 Å². The Balaban J connectivity index is 1.07. The van der Waals surface area contributed by atoms with Gasteiger partial charge in [-0.05, 0) is 56.4 Å². The number of benzene rings is 1. The Hall–Kier alpha value is -3.77. The molecule has 1 aliphatic carbocycles. The second-order valence-electron chi connectivity index (χ2n) is 10.9. The summed E-state index contributed by atoms with van der Waals surface area (Å²) in [6, 6.07) is 8.13. The lowest BCUT2D eigenvalue weighted by molar-refractivity contribution is -0.137. The van der Waals surface area contributed by atoms with Gasteiger partial charge in [-0.25, -0.2) is 0 Å². The fourth-order valence-electron chi connectivity index (χ4n) is 5.73. The molecule has 1 saturated carbocycles. The molecule has 3 N–H and O–H groups in total. The molecule has 12 heteroatoms. The zero-order valence-electron chi connectivity index (χ0n) is 22.7. The Kier molecular flexibility index (Phi) is 8.14. The number of alkyl halides is 3. The second kappa shape index (κ2) is 11.6. The number of hydrogen-bond donors (Lipinski definition) is 3. The van der Waals surface area contributed by atoms with Crippen LogP contribution in [0, 0.1) is 0 Å². The van der Waals surface area contributed by atoms with Gasteiger partial charge < -0.3 is 15.7 Å². The van der Waals surface area contributed by atoms with Gasteiger partial charge in [-0.15, -0.1) is 0 Å².